The summed E-state index contributed by atoms with van der Waals surface area (Å²) in [6.07, 6.45) is -1.17. The van der Waals surface area contributed by atoms with Crippen molar-refractivity contribution in [3.8, 4) is 0 Å². The maximum Gasteiger partial charge on any atom is 0.411 e. The molecule has 0 aliphatic heterocycles. The molecule has 0 radical (unpaired) electrons. The van der Waals surface area contributed by atoms with Gasteiger partial charge in [0.1, 0.15) is 5.82 Å². The molecule has 54 valence electrons. The van der Waals surface area contributed by atoms with E-state index < -0.39 is 6.09 Å². The number of carbonyl (C=O) groups is 1. The van der Waals surface area contributed by atoms with Crippen molar-refractivity contribution in [3.63, 3.8) is 0 Å². The Morgan fingerprint density at radius 1 is 1.80 bits per heavy atom. The molecule has 1 aromatic rings. The number of hydrogen-bond acceptors (Lipinski definition) is 3. The molecule has 1 heterocycles. The Labute approximate surface area is 56.3 Å². The van der Waals surface area contributed by atoms with E-state index in [2.05, 4.69) is 15.2 Å². The summed E-state index contributed by atoms with van der Waals surface area (Å²) >= 11 is 0. The lowest BCUT2D eigenvalue weighted by Gasteiger charge is -1.88. The summed E-state index contributed by atoms with van der Waals surface area (Å²) in [5, 5.41) is 16.2. The van der Waals surface area contributed by atoms with Crippen LogP contribution in [0.1, 0.15) is 5.82 Å². The van der Waals surface area contributed by atoms with Crippen LogP contribution in [0.5, 0.6) is 0 Å². The summed E-state index contributed by atoms with van der Waals surface area (Å²) in [7, 11) is 0. The van der Waals surface area contributed by atoms with Crippen molar-refractivity contribution in [2.45, 2.75) is 6.92 Å². The fourth-order valence-electron chi connectivity index (χ4n) is 0.494. The first-order chi connectivity index (χ1) is 4.68. The van der Waals surface area contributed by atoms with Crippen LogP contribution in [0.4, 0.5) is 10.7 Å². The van der Waals surface area contributed by atoms with Gasteiger partial charge in [0.05, 0.1) is 0 Å². The largest absolute Gasteiger partial charge is 0.465 e. The summed E-state index contributed by atoms with van der Waals surface area (Å²) in [6.45, 7) is 1.68. The standard InChI is InChI=1S/C4H6N4O2/c1-2-5-3(8-7-2)6-4(9)10/h1H3,(H,9,10)(H2,5,6,7,8). The molecule has 6 heteroatoms. The number of H-pyrrole nitrogens is 1. The molecular formula is C4H6N4O2. The van der Waals surface area contributed by atoms with Crippen LogP contribution in [-0.2, 0) is 0 Å². The van der Waals surface area contributed by atoms with E-state index in [1.807, 2.05) is 5.32 Å². The Hall–Kier alpha value is -1.59. The van der Waals surface area contributed by atoms with Gasteiger partial charge in [-0.3, -0.25) is 10.4 Å². The van der Waals surface area contributed by atoms with Crippen LogP contribution in [0.3, 0.4) is 0 Å². The van der Waals surface area contributed by atoms with E-state index in [9.17, 15) is 4.79 Å². The summed E-state index contributed by atoms with van der Waals surface area (Å²) in [6, 6.07) is 0. The van der Waals surface area contributed by atoms with Gasteiger partial charge in [-0.05, 0) is 6.92 Å². The van der Waals surface area contributed by atoms with E-state index in [-0.39, 0.29) is 5.95 Å². The van der Waals surface area contributed by atoms with Gasteiger partial charge in [-0.25, -0.2) is 4.79 Å². The van der Waals surface area contributed by atoms with Crippen molar-refractivity contribution < 1.29 is 9.90 Å². The molecule has 0 saturated heterocycles. The Morgan fingerprint density at radius 2 is 2.50 bits per heavy atom. The van der Waals surface area contributed by atoms with Gasteiger partial charge in [0.25, 0.3) is 5.95 Å². The molecule has 0 aromatic carbocycles. The highest BCUT2D eigenvalue weighted by Crippen LogP contribution is 1.94. The van der Waals surface area contributed by atoms with Crippen LogP contribution in [0.25, 0.3) is 0 Å². The fraction of sp³-hybridized carbons (Fsp3) is 0.250. The van der Waals surface area contributed by atoms with Crippen molar-refractivity contribution in [1.29, 1.82) is 0 Å². The number of carboxylic acid groups (broad SMARTS) is 1. The molecule has 0 unspecified atom stereocenters. The molecule has 0 aliphatic rings. The van der Waals surface area contributed by atoms with E-state index >= 15 is 0 Å². The number of hydrogen-bond donors (Lipinski definition) is 3. The Balaban J connectivity index is 2.67. The lowest BCUT2D eigenvalue weighted by atomic mass is 10.7. The highest BCUT2D eigenvalue weighted by Gasteiger charge is 2.00. The summed E-state index contributed by atoms with van der Waals surface area (Å²) in [5.74, 6) is 0.647. The lowest BCUT2D eigenvalue weighted by Crippen LogP contribution is -2.08. The smallest absolute Gasteiger partial charge is 0.411 e. The Bertz CT molecular complexity index is 243. The predicted molar refractivity (Wildman–Crippen MR) is 32.8 cm³/mol. The van der Waals surface area contributed by atoms with Crippen LogP contribution in [-0.4, -0.2) is 26.4 Å². The number of nitrogens with zero attached hydrogens (tertiary/aromatic N) is 2. The number of rotatable bonds is 1. The zero-order valence-electron chi connectivity index (χ0n) is 5.25. The van der Waals surface area contributed by atoms with E-state index in [1.54, 1.807) is 6.92 Å². The minimum atomic E-state index is -1.17. The zero-order chi connectivity index (χ0) is 7.56. The van der Waals surface area contributed by atoms with Gasteiger partial charge in [0, 0.05) is 0 Å². The van der Waals surface area contributed by atoms with Crippen LogP contribution in [0.15, 0.2) is 0 Å². The quantitative estimate of drug-likeness (QED) is 0.522. The molecular weight excluding hydrogens is 136 g/mol. The summed E-state index contributed by atoms with van der Waals surface area (Å²) in [5.41, 5.74) is 0. The molecule has 1 aromatic heterocycles. The van der Waals surface area contributed by atoms with Crippen molar-refractivity contribution in [1.82, 2.24) is 15.2 Å². The molecule has 10 heavy (non-hydrogen) atoms. The fourth-order valence-corrected chi connectivity index (χ4v) is 0.494. The molecule has 0 fully saturated rings. The van der Waals surface area contributed by atoms with Crippen molar-refractivity contribution >= 4 is 12.0 Å². The van der Waals surface area contributed by atoms with E-state index in [0.29, 0.717) is 5.82 Å². The average Bonchev–Trinajstić information content (AvgIpc) is 2.13. The van der Waals surface area contributed by atoms with Crippen LogP contribution in [0.2, 0.25) is 0 Å². The second-order valence-electron chi connectivity index (χ2n) is 1.67. The predicted octanol–water partition coefficient (Wildman–Crippen LogP) is 0.203. The van der Waals surface area contributed by atoms with Crippen molar-refractivity contribution in [2.75, 3.05) is 5.32 Å². The number of aromatic nitrogens is 3. The number of aromatic amines is 1. The Kier molecular flexibility index (Phi) is 1.53. The van der Waals surface area contributed by atoms with Gasteiger partial charge < -0.3 is 5.11 Å². The molecule has 6 nitrogen and oxygen atoms in total. The van der Waals surface area contributed by atoms with E-state index in [0.717, 1.165) is 0 Å². The highest BCUT2D eigenvalue weighted by atomic mass is 16.4. The van der Waals surface area contributed by atoms with Gasteiger partial charge in [-0.2, -0.15) is 4.98 Å². The molecule has 0 spiro atoms. The first kappa shape index (κ1) is 6.53. The minimum Gasteiger partial charge on any atom is -0.465 e. The summed E-state index contributed by atoms with van der Waals surface area (Å²) in [4.78, 5) is 13.7. The van der Waals surface area contributed by atoms with Gasteiger partial charge in [-0.1, -0.05) is 0 Å². The first-order valence-electron chi connectivity index (χ1n) is 2.57. The molecule has 0 aliphatic carbocycles. The number of aryl methyl sites for hydroxylation is 1. The third-order valence-electron chi connectivity index (χ3n) is 0.816. The maximum atomic E-state index is 9.97. The van der Waals surface area contributed by atoms with Crippen molar-refractivity contribution in [3.05, 3.63) is 5.82 Å². The van der Waals surface area contributed by atoms with Crippen LogP contribution < -0.4 is 5.32 Å². The SMILES string of the molecule is Cc1nc(NC(=O)O)n[nH]1. The molecule has 0 atom stereocenters. The molecule has 0 bridgehead atoms. The monoisotopic (exact) mass is 142 g/mol. The topological polar surface area (TPSA) is 90.9 Å². The third-order valence-corrected chi connectivity index (χ3v) is 0.816. The maximum absolute atomic E-state index is 9.97. The van der Waals surface area contributed by atoms with Crippen LogP contribution in [0, 0.1) is 6.92 Å². The number of amides is 1. The lowest BCUT2D eigenvalue weighted by molar-refractivity contribution is 0.209. The number of nitrogens with one attached hydrogen (secondary N) is 2. The van der Waals surface area contributed by atoms with E-state index in [4.69, 9.17) is 5.11 Å². The second kappa shape index (κ2) is 2.34. The molecule has 0 saturated carbocycles. The normalized spacial score (nSPS) is 9.30. The first-order valence-corrected chi connectivity index (χ1v) is 2.57. The number of anilines is 1. The molecule has 3 N–H and O–H groups in total. The van der Waals surface area contributed by atoms with Crippen LogP contribution >= 0.6 is 0 Å². The molecule has 1 rings (SSSR count). The van der Waals surface area contributed by atoms with Gasteiger partial charge in [0.2, 0.25) is 0 Å². The average molecular weight is 142 g/mol. The Morgan fingerprint density at radius 3 is 2.90 bits per heavy atom. The van der Waals surface area contributed by atoms with E-state index in [1.165, 1.54) is 0 Å². The zero-order valence-corrected chi connectivity index (χ0v) is 5.25. The third kappa shape index (κ3) is 1.44. The minimum absolute atomic E-state index is 0.0741. The highest BCUT2D eigenvalue weighted by molar-refractivity contribution is 5.79. The second-order valence-corrected chi connectivity index (χ2v) is 1.67. The molecule has 1 amide bonds. The van der Waals surface area contributed by atoms with Gasteiger partial charge >= 0.3 is 6.09 Å². The van der Waals surface area contributed by atoms with Crippen molar-refractivity contribution in [2.24, 2.45) is 0 Å². The van der Waals surface area contributed by atoms with Gasteiger partial charge in [0.15, 0.2) is 0 Å². The summed E-state index contributed by atoms with van der Waals surface area (Å²) < 4.78 is 0. The van der Waals surface area contributed by atoms with Gasteiger partial charge in [-0.15, -0.1) is 5.10 Å².